The SMILES string of the molecule is Oc1ncccc1-c1cc2c(-c3cn([C@H]4C[C@@H](F)C4)nc3-c3ccc(F)cc3)ncnc2o1. The van der Waals surface area contributed by atoms with E-state index in [9.17, 15) is 13.9 Å². The third kappa shape index (κ3) is 3.32. The van der Waals surface area contributed by atoms with Gasteiger partial charge in [-0.05, 0) is 42.5 Å². The van der Waals surface area contributed by atoms with E-state index < -0.39 is 6.17 Å². The number of aromatic hydroxyl groups is 1. The monoisotopic (exact) mass is 445 g/mol. The highest BCUT2D eigenvalue weighted by Crippen LogP contribution is 2.41. The lowest BCUT2D eigenvalue weighted by Crippen LogP contribution is -2.28. The molecule has 164 valence electrons. The molecule has 6 rings (SSSR count). The van der Waals surface area contributed by atoms with Gasteiger partial charge in [0, 0.05) is 36.4 Å². The van der Waals surface area contributed by atoms with E-state index in [0.717, 1.165) is 0 Å². The lowest BCUT2D eigenvalue weighted by molar-refractivity contribution is 0.128. The van der Waals surface area contributed by atoms with Crippen LogP contribution in [0.4, 0.5) is 8.78 Å². The number of aromatic nitrogens is 5. The molecule has 0 aliphatic heterocycles. The maximum Gasteiger partial charge on any atom is 0.230 e. The van der Waals surface area contributed by atoms with E-state index in [1.807, 2.05) is 6.20 Å². The Kier molecular flexibility index (Phi) is 4.42. The summed E-state index contributed by atoms with van der Waals surface area (Å²) < 4.78 is 34.7. The first-order valence-electron chi connectivity index (χ1n) is 10.5. The number of nitrogens with zero attached hydrogens (tertiary/aromatic N) is 5. The topological polar surface area (TPSA) is 89.9 Å². The molecule has 7 nitrogen and oxygen atoms in total. The number of furan rings is 1. The van der Waals surface area contributed by atoms with Crippen molar-refractivity contribution in [2.75, 3.05) is 0 Å². The van der Waals surface area contributed by atoms with E-state index in [0.29, 0.717) is 57.8 Å². The summed E-state index contributed by atoms with van der Waals surface area (Å²) in [5.74, 6) is -0.108. The van der Waals surface area contributed by atoms with Crippen molar-refractivity contribution in [3.8, 4) is 39.7 Å². The van der Waals surface area contributed by atoms with Gasteiger partial charge >= 0.3 is 0 Å². The smallest absolute Gasteiger partial charge is 0.230 e. The number of benzene rings is 1. The molecular weight excluding hydrogens is 428 g/mol. The summed E-state index contributed by atoms with van der Waals surface area (Å²) in [6.07, 6.45) is 4.69. The number of rotatable bonds is 4. The second-order valence-electron chi connectivity index (χ2n) is 8.03. The Hall–Kier alpha value is -4.14. The molecule has 0 radical (unpaired) electrons. The van der Waals surface area contributed by atoms with Crippen LogP contribution in [0, 0.1) is 5.82 Å². The van der Waals surface area contributed by atoms with Gasteiger partial charge in [-0.2, -0.15) is 5.10 Å². The summed E-state index contributed by atoms with van der Waals surface area (Å²) in [5, 5.41) is 15.5. The highest BCUT2D eigenvalue weighted by molar-refractivity contribution is 5.96. The number of hydrogen-bond donors (Lipinski definition) is 1. The molecule has 9 heteroatoms. The Morgan fingerprint density at radius 3 is 2.58 bits per heavy atom. The molecule has 1 aliphatic carbocycles. The minimum absolute atomic E-state index is 0.0440. The average molecular weight is 445 g/mol. The van der Waals surface area contributed by atoms with E-state index in [1.54, 1.807) is 35.0 Å². The summed E-state index contributed by atoms with van der Waals surface area (Å²) in [6, 6.07) is 11.1. The molecule has 1 saturated carbocycles. The fraction of sp³-hybridized carbons (Fsp3) is 0.167. The average Bonchev–Trinajstić information content (AvgIpc) is 3.42. The normalized spacial score (nSPS) is 17.9. The molecule has 1 N–H and O–H groups in total. The molecule has 0 saturated heterocycles. The molecule has 4 aromatic heterocycles. The van der Waals surface area contributed by atoms with Crippen molar-refractivity contribution >= 4 is 11.1 Å². The molecule has 1 aromatic carbocycles. The highest BCUT2D eigenvalue weighted by Gasteiger charge is 2.32. The maximum absolute atomic E-state index is 13.5. The molecule has 0 unspecified atom stereocenters. The summed E-state index contributed by atoms with van der Waals surface area (Å²) in [7, 11) is 0. The summed E-state index contributed by atoms with van der Waals surface area (Å²) in [5.41, 5.74) is 3.34. The van der Waals surface area contributed by atoms with Crippen LogP contribution in [-0.4, -0.2) is 36.0 Å². The number of alkyl halides is 1. The number of halogens is 2. The van der Waals surface area contributed by atoms with Crippen LogP contribution in [0.5, 0.6) is 5.88 Å². The molecule has 0 bridgehead atoms. The minimum atomic E-state index is -0.828. The van der Waals surface area contributed by atoms with Crippen LogP contribution in [0.15, 0.2) is 65.6 Å². The van der Waals surface area contributed by atoms with Crippen molar-refractivity contribution in [2.24, 2.45) is 0 Å². The molecule has 1 fully saturated rings. The molecule has 1 aliphatic rings. The van der Waals surface area contributed by atoms with Crippen molar-refractivity contribution in [3.63, 3.8) is 0 Å². The lowest BCUT2D eigenvalue weighted by atomic mass is 9.91. The third-order valence-electron chi connectivity index (χ3n) is 5.92. The molecule has 5 aromatic rings. The minimum Gasteiger partial charge on any atom is -0.493 e. The van der Waals surface area contributed by atoms with Gasteiger partial charge in [0.15, 0.2) is 0 Å². The Balaban J connectivity index is 1.53. The van der Waals surface area contributed by atoms with Crippen LogP contribution >= 0.6 is 0 Å². The molecule has 0 atom stereocenters. The van der Waals surface area contributed by atoms with Crippen LogP contribution in [0.25, 0.3) is 44.9 Å². The van der Waals surface area contributed by atoms with Gasteiger partial charge in [-0.3, -0.25) is 4.68 Å². The second-order valence-corrected chi connectivity index (χ2v) is 8.03. The number of fused-ring (bicyclic) bond motifs is 1. The predicted molar refractivity (Wildman–Crippen MR) is 116 cm³/mol. The fourth-order valence-electron chi connectivity index (χ4n) is 4.10. The van der Waals surface area contributed by atoms with Gasteiger partial charge < -0.3 is 9.52 Å². The zero-order valence-corrected chi connectivity index (χ0v) is 17.2. The van der Waals surface area contributed by atoms with E-state index in [2.05, 4.69) is 15.0 Å². The van der Waals surface area contributed by atoms with Gasteiger partial charge in [0.05, 0.1) is 22.7 Å². The van der Waals surface area contributed by atoms with Crippen LogP contribution in [0.2, 0.25) is 0 Å². The highest BCUT2D eigenvalue weighted by atomic mass is 19.1. The summed E-state index contributed by atoms with van der Waals surface area (Å²) in [6.45, 7) is 0. The molecule has 0 amide bonds. The molecule has 33 heavy (non-hydrogen) atoms. The first kappa shape index (κ1) is 19.5. The molecule has 4 heterocycles. The van der Waals surface area contributed by atoms with Crippen molar-refractivity contribution in [1.29, 1.82) is 0 Å². The maximum atomic E-state index is 13.5. The standard InChI is InChI=1S/C24H17F2N5O2/c25-14-5-3-13(4-6-14)21-19(11-31(30-21)16-8-15(26)9-16)22-18-10-20(33-24(18)29-12-28-22)17-2-1-7-27-23(17)32/h1-7,10-12,15-16H,8-9H2,(H,27,32)/t15-,16+. The Morgan fingerprint density at radius 2 is 1.82 bits per heavy atom. The third-order valence-corrected chi connectivity index (χ3v) is 5.92. The van der Waals surface area contributed by atoms with Crippen molar-refractivity contribution in [2.45, 2.75) is 25.1 Å². The Labute approximate surface area is 186 Å². The summed E-state index contributed by atoms with van der Waals surface area (Å²) >= 11 is 0. The van der Waals surface area contributed by atoms with Crippen molar-refractivity contribution < 1.29 is 18.3 Å². The quantitative estimate of drug-likeness (QED) is 0.402. The zero-order valence-electron chi connectivity index (χ0n) is 17.2. The fourth-order valence-corrected chi connectivity index (χ4v) is 4.10. The lowest BCUT2D eigenvalue weighted by Gasteiger charge is -2.29. The van der Waals surface area contributed by atoms with Gasteiger partial charge in [-0.1, -0.05) is 0 Å². The van der Waals surface area contributed by atoms with Gasteiger partial charge in [-0.25, -0.2) is 23.7 Å². The van der Waals surface area contributed by atoms with E-state index >= 15 is 0 Å². The second kappa shape index (κ2) is 7.47. The Morgan fingerprint density at radius 1 is 1.00 bits per heavy atom. The van der Waals surface area contributed by atoms with E-state index in [-0.39, 0.29) is 17.7 Å². The Bertz CT molecular complexity index is 1470. The predicted octanol–water partition coefficient (Wildman–Crippen LogP) is 5.33. The van der Waals surface area contributed by atoms with Crippen LogP contribution in [0.1, 0.15) is 18.9 Å². The number of pyridine rings is 1. The zero-order chi connectivity index (χ0) is 22.5. The largest absolute Gasteiger partial charge is 0.493 e. The van der Waals surface area contributed by atoms with Gasteiger partial charge in [0.1, 0.15) is 29.8 Å². The first-order valence-corrected chi connectivity index (χ1v) is 10.5. The van der Waals surface area contributed by atoms with Crippen molar-refractivity contribution in [1.82, 2.24) is 24.7 Å². The van der Waals surface area contributed by atoms with E-state index in [1.165, 1.54) is 24.7 Å². The molecule has 0 spiro atoms. The molecular formula is C24H17F2N5O2. The van der Waals surface area contributed by atoms with Crippen LogP contribution in [0.3, 0.4) is 0 Å². The van der Waals surface area contributed by atoms with Gasteiger partial charge in [0.2, 0.25) is 11.6 Å². The van der Waals surface area contributed by atoms with Crippen LogP contribution < -0.4 is 0 Å². The van der Waals surface area contributed by atoms with Gasteiger partial charge in [-0.15, -0.1) is 0 Å². The summed E-state index contributed by atoms with van der Waals surface area (Å²) in [4.78, 5) is 12.6. The van der Waals surface area contributed by atoms with Crippen molar-refractivity contribution in [3.05, 3.63) is 67.0 Å². The van der Waals surface area contributed by atoms with E-state index in [4.69, 9.17) is 9.52 Å². The first-order chi connectivity index (χ1) is 16.1. The van der Waals surface area contributed by atoms with Gasteiger partial charge in [0.25, 0.3) is 0 Å². The number of hydrogen-bond acceptors (Lipinski definition) is 6. The van der Waals surface area contributed by atoms with Crippen LogP contribution in [-0.2, 0) is 0 Å².